The highest BCUT2D eigenvalue weighted by atomic mass is 16.7. The molecule has 0 bridgehead atoms. The Kier molecular flexibility index (Phi) is 9.78. The van der Waals surface area contributed by atoms with E-state index < -0.39 is 54.4 Å². The molecular weight excluding hydrogens is 564 g/mol. The van der Waals surface area contributed by atoms with E-state index in [2.05, 4.69) is 0 Å². The van der Waals surface area contributed by atoms with Gasteiger partial charge in [0.05, 0.1) is 28.4 Å². The van der Waals surface area contributed by atoms with Gasteiger partial charge < -0.3 is 23.7 Å². The number of hydrogen-bond donors (Lipinski definition) is 0. The van der Waals surface area contributed by atoms with Crippen LogP contribution in [0.4, 0.5) is 0 Å². The van der Waals surface area contributed by atoms with E-state index in [9.17, 15) is 19.2 Å². The van der Waals surface area contributed by atoms with Crippen molar-refractivity contribution in [3.05, 3.63) is 144 Å². The summed E-state index contributed by atoms with van der Waals surface area (Å²) in [6.45, 7) is 1.29. The highest BCUT2D eigenvalue weighted by Gasteiger charge is 2.51. The van der Waals surface area contributed by atoms with Crippen LogP contribution in [0.25, 0.3) is 0 Å². The zero-order valence-electron chi connectivity index (χ0n) is 23.8. The second-order valence-corrected chi connectivity index (χ2v) is 10.1. The molecule has 0 radical (unpaired) electrons. The van der Waals surface area contributed by atoms with Crippen LogP contribution in [0.5, 0.6) is 0 Å². The summed E-state index contributed by atoms with van der Waals surface area (Å²) >= 11 is 0. The van der Waals surface area contributed by atoms with Crippen LogP contribution in [0.1, 0.15) is 48.4 Å². The van der Waals surface area contributed by atoms with Crippen LogP contribution in [0, 0.1) is 0 Å². The molecule has 0 amide bonds. The van der Waals surface area contributed by atoms with Gasteiger partial charge in [0.15, 0.2) is 18.3 Å². The summed E-state index contributed by atoms with van der Waals surface area (Å²) < 4.78 is 29.5. The third-order valence-corrected chi connectivity index (χ3v) is 7.01. The maximum absolute atomic E-state index is 13.4. The highest BCUT2D eigenvalue weighted by Crippen LogP contribution is 2.31. The molecule has 224 valence electrons. The van der Waals surface area contributed by atoms with Crippen LogP contribution in [-0.4, -0.2) is 61.0 Å². The van der Waals surface area contributed by atoms with Crippen LogP contribution >= 0.6 is 0 Å². The Morgan fingerprint density at radius 1 is 0.500 bits per heavy atom. The van der Waals surface area contributed by atoms with Crippen LogP contribution in [-0.2, 0) is 23.7 Å². The van der Waals surface area contributed by atoms with Crippen LogP contribution < -0.4 is 0 Å². The number of carbonyl (C=O) groups excluding carboxylic acids is 4. The molecule has 44 heavy (non-hydrogen) atoms. The van der Waals surface area contributed by atoms with Crippen molar-refractivity contribution in [3.63, 3.8) is 0 Å². The van der Waals surface area contributed by atoms with E-state index in [1.54, 1.807) is 128 Å². The van der Waals surface area contributed by atoms with E-state index >= 15 is 0 Å². The predicted octanol–water partition coefficient (Wildman–Crippen LogP) is 5.31. The van der Waals surface area contributed by atoms with E-state index in [0.717, 1.165) is 0 Å². The first-order chi connectivity index (χ1) is 21.4. The lowest BCUT2D eigenvalue weighted by Crippen LogP contribution is -2.61. The predicted molar refractivity (Wildman–Crippen MR) is 158 cm³/mol. The molecule has 4 aromatic carbocycles. The van der Waals surface area contributed by atoms with Crippen molar-refractivity contribution < 1.29 is 42.9 Å². The molecule has 5 rings (SSSR count). The molecule has 1 heterocycles. The topological polar surface area (TPSA) is 114 Å². The lowest BCUT2D eigenvalue weighted by Gasteiger charge is -2.43. The molecule has 1 saturated heterocycles. The van der Waals surface area contributed by atoms with Crippen molar-refractivity contribution >= 4 is 23.9 Å². The summed E-state index contributed by atoms with van der Waals surface area (Å²) in [7, 11) is 0. The third-order valence-electron chi connectivity index (χ3n) is 7.01. The molecule has 0 saturated carbocycles. The molecular formula is C35H30O9. The molecule has 0 N–H and O–H groups in total. The Hall–Kier alpha value is -5.28. The van der Waals surface area contributed by atoms with Crippen LogP contribution in [0.2, 0.25) is 0 Å². The fourth-order valence-corrected chi connectivity index (χ4v) is 4.78. The van der Waals surface area contributed by atoms with Gasteiger partial charge in [-0.2, -0.15) is 0 Å². The van der Waals surface area contributed by atoms with Crippen molar-refractivity contribution in [1.29, 1.82) is 0 Å². The van der Waals surface area contributed by atoms with Gasteiger partial charge in [0, 0.05) is 0 Å². The Labute approximate surface area is 254 Å². The van der Waals surface area contributed by atoms with Gasteiger partial charge in [0.1, 0.15) is 12.7 Å². The second kappa shape index (κ2) is 14.3. The minimum absolute atomic E-state index is 0.233. The zero-order valence-corrected chi connectivity index (χ0v) is 23.8. The van der Waals surface area contributed by atoms with Gasteiger partial charge in [-0.05, 0) is 55.5 Å². The molecule has 9 heteroatoms. The number of benzene rings is 4. The SMILES string of the molecule is CC1OC(COC(=O)c2ccccc2)C(OC(=O)c2ccccc2)C(OC(=O)c2ccccc2)C1OC(=O)c1ccccc1. The summed E-state index contributed by atoms with van der Waals surface area (Å²) in [5, 5.41) is 0. The Balaban J connectivity index is 1.48. The van der Waals surface area contributed by atoms with E-state index in [4.69, 9.17) is 23.7 Å². The minimum atomic E-state index is -1.33. The standard InChI is InChI=1S/C35H30O9/c1-23-29(42-33(37)25-16-8-3-9-17-25)31(44-35(39)27-20-12-5-13-21-27)30(43-34(38)26-18-10-4-11-19-26)28(41-23)22-40-32(36)24-14-6-2-7-15-24/h2-21,23,28-31H,22H2,1H3. The normalized spacial score (nSPS) is 21.0. The van der Waals surface area contributed by atoms with Gasteiger partial charge in [-0.25, -0.2) is 19.2 Å². The summed E-state index contributed by atoms with van der Waals surface area (Å²) in [5.74, 6) is -2.77. The first-order valence-corrected chi connectivity index (χ1v) is 14.1. The second-order valence-electron chi connectivity index (χ2n) is 10.1. The van der Waals surface area contributed by atoms with Crippen molar-refractivity contribution in [3.8, 4) is 0 Å². The van der Waals surface area contributed by atoms with Gasteiger partial charge in [-0.3, -0.25) is 0 Å². The quantitative estimate of drug-likeness (QED) is 0.188. The van der Waals surface area contributed by atoms with Crippen molar-refractivity contribution in [2.24, 2.45) is 0 Å². The maximum atomic E-state index is 13.4. The maximum Gasteiger partial charge on any atom is 0.338 e. The number of esters is 4. The zero-order chi connectivity index (χ0) is 30.9. The molecule has 1 aliphatic rings. The van der Waals surface area contributed by atoms with Gasteiger partial charge in [0.25, 0.3) is 0 Å². The van der Waals surface area contributed by atoms with Crippen LogP contribution in [0.15, 0.2) is 121 Å². The average molecular weight is 595 g/mol. The largest absolute Gasteiger partial charge is 0.459 e. The molecule has 5 atom stereocenters. The number of rotatable bonds is 9. The molecule has 0 aromatic heterocycles. The van der Waals surface area contributed by atoms with Crippen molar-refractivity contribution in [2.45, 2.75) is 37.4 Å². The molecule has 9 nitrogen and oxygen atoms in total. The Morgan fingerprint density at radius 3 is 1.25 bits per heavy atom. The fraction of sp³-hybridized carbons (Fsp3) is 0.200. The molecule has 1 aliphatic heterocycles. The summed E-state index contributed by atoms with van der Waals surface area (Å²) in [5.41, 5.74) is 1.05. The molecule has 1 fully saturated rings. The van der Waals surface area contributed by atoms with Gasteiger partial charge in [-0.15, -0.1) is 0 Å². The average Bonchev–Trinajstić information content (AvgIpc) is 3.07. The summed E-state index contributed by atoms with van der Waals surface area (Å²) in [6, 6.07) is 33.1. The summed E-state index contributed by atoms with van der Waals surface area (Å²) in [6.07, 6.45) is -5.78. The van der Waals surface area contributed by atoms with E-state index in [1.807, 2.05) is 0 Å². The Morgan fingerprint density at radius 2 is 0.841 bits per heavy atom. The van der Waals surface area contributed by atoms with E-state index in [0.29, 0.717) is 5.56 Å². The van der Waals surface area contributed by atoms with Crippen molar-refractivity contribution in [2.75, 3.05) is 6.61 Å². The highest BCUT2D eigenvalue weighted by molar-refractivity contribution is 5.91. The van der Waals surface area contributed by atoms with Gasteiger partial charge in [-0.1, -0.05) is 72.8 Å². The first kappa shape index (κ1) is 30.2. The van der Waals surface area contributed by atoms with E-state index in [1.165, 1.54) is 0 Å². The molecule has 0 spiro atoms. The number of ether oxygens (including phenoxy) is 5. The number of carbonyl (C=O) groups is 4. The third kappa shape index (κ3) is 7.37. The van der Waals surface area contributed by atoms with Crippen molar-refractivity contribution in [1.82, 2.24) is 0 Å². The fourth-order valence-electron chi connectivity index (χ4n) is 4.78. The first-order valence-electron chi connectivity index (χ1n) is 14.1. The van der Waals surface area contributed by atoms with E-state index in [-0.39, 0.29) is 23.3 Å². The molecule has 0 aliphatic carbocycles. The van der Waals surface area contributed by atoms with Crippen LogP contribution in [0.3, 0.4) is 0 Å². The lowest BCUT2D eigenvalue weighted by molar-refractivity contribution is -0.224. The number of hydrogen-bond acceptors (Lipinski definition) is 9. The van der Waals surface area contributed by atoms with Gasteiger partial charge in [0.2, 0.25) is 0 Å². The Bertz CT molecular complexity index is 1560. The summed E-state index contributed by atoms with van der Waals surface area (Å²) in [4.78, 5) is 52.6. The minimum Gasteiger partial charge on any atom is -0.459 e. The molecule has 4 aromatic rings. The lowest BCUT2D eigenvalue weighted by atomic mass is 9.94. The monoisotopic (exact) mass is 594 g/mol. The smallest absolute Gasteiger partial charge is 0.338 e. The van der Waals surface area contributed by atoms with Gasteiger partial charge >= 0.3 is 23.9 Å². The molecule has 5 unspecified atom stereocenters.